The zero-order chi connectivity index (χ0) is 13.7. The highest BCUT2D eigenvalue weighted by Crippen LogP contribution is 2.13. The van der Waals surface area contributed by atoms with Crippen molar-refractivity contribution in [2.75, 3.05) is 32.0 Å². The van der Waals surface area contributed by atoms with Gasteiger partial charge in [0.2, 0.25) is 0 Å². The standard InChI is InChI=1S/C14H23N3O2/c1-2-19-13-4-3-7-16(11-13)8-9-17-10-12(15)5-6-14(17)18/h5-6,10,13H,2-4,7-9,11,15H2,1H3. The van der Waals surface area contributed by atoms with Gasteiger partial charge in [0.15, 0.2) is 0 Å². The molecule has 106 valence electrons. The Morgan fingerprint density at radius 3 is 3.05 bits per heavy atom. The molecule has 1 aliphatic heterocycles. The highest BCUT2D eigenvalue weighted by atomic mass is 16.5. The van der Waals surface area contributed by atoms with Gasteiger partial charge in [0, 0.05) is 44.2 Å². The Morgan fingerprint density at radius 1 is 1.42 bits per heavy atom. The molecule has 0 amide bonds. The lowest BCUT2D eigenvalue weighted by Crippen LogP contribution is -2.41. The van der Waals surface area contributed by atoms with E-state index in [0.29, 0.717) is 18.3 Å². The first-order valence-electron chi connectivity index (χ1n) is 6.99. The van der Waals surface area contributed by atoms with Crippen LogP contribution in [0.4, 0.5) is 5.69 Å². The molecule has 0 bridgehead atoms. The number of hydrogen-bond donors (Lipinski definition) is 1. The first-order chi connectivity index (χ1) is 9.19. The third-order valence-corrected chi connectivity index (χ3v) is 3.53. The van der Waals surface area contributed by atoms with E-state index >= 15 is 0 Å². The smallest absolute Gasteiger partial charge is 0.250 e. The molecular formula is C14H23N3O2. The summed E-state index contributed by atoms with van der Waals surface area (Å²) in [4.78, 5) is 14.0. The third kappa shape index (κ3) is 4.08. The van der Waals surface area contributed by atoms with Gasteiger partial charge in [-0.25, -0.2) is 0 Å². The Hall–Kier alpha value is -1.33. The molecule has 0 saturated carbocycles. The quantitative estimate of drug-likeness (QED) is 0.860. The number of piperidine rings is 1. The van der Waals surface area contributed by atoms with E-state index in [1.54, 1.807) is 16.8 Å². The van der Waals surface area contributed by atoms with Crippen LogP contribution in [-0.2, 0) is 11.3 Å². The first kappa shape index (κ1) is 14.1. The summed E-state index contributed by atoms with van der Waals surface area (Å²) >= 11 is 0. The SMILES string of the molecule is CCOC1CCCN(CCn2cc(N)ccc2=O)C1. The van der Waals surface area contributed by atoms with E-state index < -0.39 is 0 Å². The number of anilines is 1. The maximum atomic E-state index is 11.7. The fraction of sp³-hybridized carbons (Fsp3) is 0.643. The summed E-state index contributed by atoms with van der Waals surface area (Å²) in [6, 6.07) is 3.17. The van der Waals surface area contributed by atoms with Crippen LogP contribution in [0.5, 0.6) is 0 Å². The Labute approximate surface area is 114 Å². The van der Waals surface area contributed by atoms with E-state index in [9.17, 15) is 4.79 Å². The van der Waals surface area contributed by atoms with E-state index in [-0.39, 0.29) is 5.56 Å². The number of aromatic nitrogens is 1. The maximum absolute atomic E-state index is 11.7. The van der Waals surface area contributed by atoms with Crippen molar-refractivity contribution in [1.29, 1.82) is 0 Å². The van der Waals surface area contributed by atoms with Crippen molar-refractivity contribution in [2.45, 2.75) is 32.4 Å². The van der Waals surface area contributed by atoms with Crippen molar-refractivity contribution in [2.24, 2.45) is 0 Å². The van der Waals surface area contributed by atoms with Gasteiger partial charge in [-0.2, -0.15) is 0 Å². The number of ether oxygens (including phenoxy) is 1. The van der Waals surface area contributed by atoms with Crippen molar-refractivity contribution < 1.29 is 4.74 Å². The van der Waals surface area contributed by atoms with Gasteiger partial charge in [-0.15, -0.1) is 0 Å². The average Bonchev–Trinajstić information content (AvgIpc) is 2.41. The van der Waals surface area contributed by atoms with Crippen LogP contribution in [0.15, 0.2) is 23.1 Å². The van der Waals surface area contributed by atoms with E-state index in [0.717, 1.165) is 39.1 Å². The number of nitrogens with zero attached hydrogens (tertiary/aromatic N) is 2. The largest absolute Gasteiger partial charge is 0.398 e. The molecule has 5 heteroatoms. The van der Waals surface area contributed by atoms with E-state index in [4.69, 9.17) is 10.5 Å². The molecule has 1 saturated heterocycles. The second kappa shape index (κ2) is 6.73. The van der Waals surface area contributed by atoms with Gasteiger partial charge >= 0.3 is 0 Å². The molecule has 1 atom stereocenters. The zero-order valence-electron chi connectivity index (χ0n) is 11.5. The minimum atomic E-state index is 0.00701. The number of nitrogens with two attached hydrogens (primary N) is 1. The molecule has 2 heterocycles. The number of pyridine rings is 1. The molecule has 1 unspecified atom stereocenters. The van der Waals surface area contributed by atoms with E-state index in [1.807, 2.05) is 6.92 Å². The molecule has 0 aromatic carbocycles. The fourth-order valence-electron chi connectivity index (χ4n) is 2.56. The minimum Gasteiger partial charge on any atom is -0.398 e. The van der Waals surface area contributed by atoms with Gasteiger partial charge in [0.05, 0.1) is 6.10 Å². The molecule has 2 N–H and O–H groups in total. The lowest BCUT2D eigenvalue weighted by molar-refractivity contribution is 0.00510. The lowest BCUT2D eigenvalue weighted by atomic mass is 10.1. The molecule has 1 aromatic rings. The summed E-state index contributed by atoms with van der Waals surface area (Å²) in [5, 5.41) is 0. The summed E-state index contributed by atoms with van der Waals surface area (Å²) in [6.45, 7) is 6.40. The summed E-state index contributed by atoms with van der Waals surface area (Å²) < 4.78 is 7.36. The van der Waals surface area contributed by atoms with Crippen LogP contribution in [0.1, 0.15) is 19.8 Å². The van der Waals surface area contributed by atoms with Crippen LogP contribution in [0, 0.1) is 0 Å². The lowest BCUT2D eigenvalue weighted by Gasteiger charge is -2.32. The zero-order valence-corrected chi connectivity index (χ0v) is 11.5. The molecule has 1 aromatic heterocycles. The second-order valence-electron chi connectivity index (χ2n) is 5.01. The summed E-state index contributed by atoms with van der Waals surface area (Å²) in [5.74, 6) is 0. The second-order valence-corrected chi connectivity index (χ2v) is 5.01. The number of hydrogen-bond acceptors (Lipinski definition) is 4. The molecule has 0 spiro atoms. The van der Waals surface area contributed by atoms with Crippen LogP contribution in [0.2, 0.25) is 0 Å². The molecule has 5 nitrogen and oxygen atoms in total. The molecule has 1 aliphatic rings. The van der Waals surface area contributed by atoms with Crippen LogP contribution < -0.4 is 11.3 Å². The normalized spacial score (nSPS) is 20.6. The number of nitrogen functional groups attached to an aromatic ring is 1. The van der Waals surface area contributed by atoms with E-state index in [1.165, 1.54) is 6.07 Å². The van der Waals surface area contributed by atoms with Gasteiger partial charge in [0.1, 0.15) is 0 Å². The maximum Gasteiger partial charge on any atom is 0.250 e. The molecule has 1 fully saturated rings. The Morgan fingerprint density at radius 2 is 2.26 bits per heavy atom. The molecule has 2 rings (SSSR count). The number of rotatable bonds is 5. The van der Waals surface area contributed by atoms with Gasteiger partial charge in [0.25, 0.3) is 5.56 Å². The number of likely N-dealkylation sites (tertiary alicyclic amines) is 1. The summed E-state index contributed by atoms with van der Waals surface area (Å²) in [7, 11) is 0. The van der Waals surface area contributed by atoms with Crippen molar-refractivity contribution in [3.8, 4) is 0 Å². The highest BCUT2D eigenvalue weighted by Gasteiger charge is 2.19. The van der Waals surface area contributed by atoms with Gasteiger partial charge in [-0.1, -0.05) is 0 Å². The molecular weight excluding hydrogens is 242 g/mol. The predicted molar refractivity (Wildman–Crippen MR) is 76.2 cm³/mol. The molecule has 0 aliphatic carbocycles. The van der Waals surface area contributed by atoms with Crippen LogP contribution in [0.3, 0.4) is 0 Å². The van der Waals surface area contributed by atoms with Crippen molar-refractivity contribution in [3.63, 3.8) is 0 Å². The summed E-state index contributed by atoms with van der Waals surface area (Å²) in [5.41, 5.74) is 6.34. The first-order valence-corrected chi connectivity index (χ1v) is 6.99. The van der Waals surface area contributed by atoms with Crippen LogP contribution >= 0.6 is 0 Å². The summed E-state index contributed by atoms with van der Waals surface area (Å²) in [6.07, 6.45) is 4.36. The predicted octanol–water partition coefficient (Wildman–Crippen LogP) is 0.931. The van der Waals surface area contributed by atoms with Gasteiger partial charge in [-0.05, 0) is 32.4 Å². The molecule has 0 radical (unpaired) electrons. The van der Waals surface area contributed by atoms with Gasteiger partial charge < -0.3 is 15.0 Å². The Bertz CT molecular complexity index is 456. The Kier molecular flexibility index (Phi) is 4.99. The average molecular weight is 265 g/mol. The van der Waals surface area contributed by atoms with E-state index in [2.05, 4.69) is 4.90 Å². The van der Waals surface area contributed by atoms with Crippen LogP contribution in [-0.4, -0.2) is 41.8 Å². The minimum absolute atomic E-state index is 0.00701. The van der Waals surface area contributed by atoms with Crippen LogP contribution in [0.25, 0.3) is 0 Å². The topological polar surface area (TPSA) is 60.5 Å². The fourth-order valence-corrected chi connectivity index (χ4v) is 2.56. The van der Waals surface area contributed by atoms with Crippen molar-refractivity contribution in [3.05, 3.63) is 28.7 Å². The highest BCUT2D eigenvalue weighted by molar-refractivity contribution is 5.33. The van der Waals surface area contributed by atoms with Gasteiger partial charge in [-0.3, -0.25) is 9.69 Å². The van der Waals surface area contributed by atoms with Crippen molar-refractivity contribution in [1.82, 2.24) is 9.47 Å². The Balaban J connectivity index is 1.87. The monoisotopic (exact) mass is 265 g/mol. The third-order valence-electron chi connectivity index (χ3n) is 3.53. The molecule has 19 heavy (non-hydrogen) atoms. The van der Waals surface area contributed by atoms with Crippen molar-refractivity contribution >= 4 is 5.69 Å².